The summed E-state index contributed by atoms with van der Waals surface area (Å²) in [4.78, 5) is 7.49. The molecule has 2 heterocycles. The highest BCUT2D eigenvalue weighted by molar-refractivity contribution is 7.80. The highest BCUT2D eigenvalue weighted by Crippen LogP contribution is 2.22. The Balaban J connectivity index is 1.49. The van der Waals surface area contributed by atoms with Crippen LogP contribution in [0.4, 0.5) is 0 Å². The molecular weight excluding hydrogens is 354 g/mol. The maximum atomic E-state index is 6.07. The van der Waals surface area contributed by atoms with Crippen molar-refractivity contribution in [3.8, 4) is 0 Å². The minimum absolute atomic E-state index is 0.475. The molecule has 3 aromatic rings. The third kappa shape index (κ3) is 4.55. The van der Waals surface area contributed by atoms with Crippen LogP contribution >= 0.6 is 23.8 Å². The Morgan fingerprint density at radius 3 is 3.12 bits per heavy atom. The molecule has 5 nitrogen and oxygen atoms in total. The van der Waals surface area contributed by atoms with Crippen LogP contribution in [0, 0.1) is 6.92 Å². The second kappa shape index (κ2) is 8.09. The Morgan fingerprint density at radius 2 is 2.28 bits per heavy atom. The van der Waals surface area contributed by atoms with E-state index >= 15 is 0 Å². The summed E-state index contributed by atoms with van der Waals surface area (Å²) >= 11 is 11.3. The number of halogens is 1. The first kappa shape index (κ1) is 17.4. The topological polar surface area (TPSA) is 65.1 Å². The van der Waals surface area contributed by atoms with Crippen molar-refractivity contribution >= 4 is 46.0 Å². The quantitative estimate of drug-likeness (QED) is 0.364. The number of hydrogen-bond donors (Lipinski definition) is 3. The fourth-order valence-electron chi connectivity index (χ4n) is 2.49. The minimum atomic E-state index is 0.475. The van der Waals surface area contributed by atoms with Crippen molar-refractivity contribution < 1.29 is 0 Å². The molecule has 0 spiro atoms. The smallest absolute Gasteiger partial charge is 0.186 e. The van der Waals surface area contributed by atoms with Crippen molar-refractivity contribution in [3.05, 3.63) is 64.6 Å². The fraction of sp³-hybridized carbons (Fsp3) is 0.167. The molecule has 128 valence electrons. The van der Waals surface area contributed by atoms with Crippen molar-refractivity contribution in [2.24, 2.45) is 5.10 Å². The van der Waals surface area contributed by atoms with Crippen LogP contribution in [-0.2, 0) is 6.42 Å². The standard InChI is InChI=1S/C18H18ClN5S/c1-12-3-2-7-20-17(12)11-23-24-18(25)21-8-6-13-10-22-16-5-4-14(19)9-15(13)16/h2-5,7,9-11,22H,6,8H2,1H3,(H2,21,24,25)/b23-11+. The maximum absolute atomic E-state index is 6.07. The van der Waals surface area contributed by atoms with Gasteiger partial charge in [-0.3, -0.25) is 10.4 Å². The van der Waals surface area contributed by atoms with E-state index in [0.717, 1.165) is 33.6 Å². The third-order valence-corrected chi connectivity index (χ3v) is 4.28. The summed E-state index contributed by atoms with van der Waals surface area (Å²) in [6, 6.07) is 9.71. The van der Waals surface area contributed by atoms with Crippen molar-refractivity contribution in [1.29, 1.82) is 0 Å². The normalized spacial score (nSPS) is 11.1. The van der Waals surface area contributed by atoms with Crippen molar-refractivity contribution in [2.75, 3.05) is 6.54 Å². The summed E-state index contributed by atoms with van der Waals surface area (Å²) in [5.74, 6) is 0. The molecule has 0 bridgehead atoms. The Hall–Kier alpha value is -2.44. The average molecular weight is 372 g/mol. The number of nitrogens with zero attached hydrogens (tertiary/aromatic N) is 2. The Morgan fingerprint density at radius 1 is 1.40 bits per heavy atom. The van der Waals surface area contributed by atoms with Crippen LogP contribution in [0.25, 0.3) is 10.9 Å². The Kier molecular flexibility index (Phi) is 5.63. The first-order valence-corrected chi connectivity index (χ1v) is 8.66. The van der Waals surface area contributed by atoms with Crippen LogP contribution in [0.1, 0.15) is 16.8 Å². The summed E-state index contributed by atoms with van der Waals surface area (Å²) in [7, 11) is 0. The van der Waals surface area contributed by atoms with Gasteiger partial charge in [-0.15, -0.1) is 0 Å². The second-order valence-corrected chi connectivity index (χ2v) is 6.43. The largest absolute Gasteiger partial charge is 0.361 e. The number of H-pyrrole nitrogens is 1. The van der Waals surface area contributed by atoms with E-state index in [1.807, 2.05) is 43.5 Å². The summed E-state index contributed by atoms with van der Waals surface area (Å²) < 4.78 is 0. The second-order valence-electron chi connectivity index (χ2n) is 5.59. The predicted molar refractivity (Wildman–Crippen MR) is 107 cm³/mol. The van der Waals surface area contributed by atoms with Crippen LogP contribution in [0.2, 0.25) is 5.02 Å². The molecule has 0 atom stereocenters. The lowest BCUT2D eigenvalue weighted by Gasteiger charge is -2.06. The highest BCUT2D eigenvalue weighted by atomic mass is 35.5. The first-order chi connectivity index (χ1) is 12.1. The van der Waals surface area contributed by atoms with Crippen LogP contribution in [0.5, 0.6) is 0 Å². The molecule has 0 radical (unpaired) electrons. The molecule has 7 heteroatoms. The molecule has 2 aromatic heterocycles. The van der Waals surface area contributed by atoms with Crippen molar-refractivity contribution in [3.63, 3.8) is 0 Å². The molecule has 0 amide bonds. The summed E-state index contributed by atoms with van der Waals surface area (Å²) in [6.45, 7) is 2.68. The van der Waals surface area contributed by atoms with E-state index in [2.05, 4.69) is 25.8 Å². The number of aromatic nitrogens is 2. The van der Waals surface area contributed by atoms with Gasteiger partial charge in [-0.2, -0.15) is 5.10 Å². The van der Waals surface area contributed by atoms with Gasteiger partial charge < -0.3 is 10.3 Å². The number of pyridine rings is 1. The van der Waals surface area contributed by atoms with Gasteiger partial charge in [0.05, 0.1) is 11.9 Å². The zero-order chi connectivity index (χ0) is 17.6. The predicted octanol–water partition coefficient (Wildman–Crippen LogP) is 3.57. The van der Waals surface area contributed by atoms with Gasteiger partial charge in [0, 0.05) is 34.9 Å². The summed E-state index contributed by atoms with van der Waals surface area (Å²) in [6.07, 6.45) is 6.22. The minimum Gasteiger partial charge on any atom is -0.361 e. The molecule has 0 aliphatic heterocycles. The van der Waals surface area contributed by atoms with Gasteiger partial charge in [0.1, 0.15) is 0 Å². The van der Waals surface area contributed by atoms with E-state index in [-0.39, 0.29) is 0 Å². The number of fused-ring (bicyclic) bond motifs is 1. The molecule has 3 rings (SSSR count). The zero-order valence-corrected chi connectivity index (χ0v) is 15.3. The van der Waals surface area contributed by atoms with Gasteiger partial charge in [0.25, 0.3) is 0 Å². The number of hydrazone groups is 1. The number of aryl methyl sites for hydroxylation is 1. The van der Waals surface area contributed by atoms with Crippen molar-refractivity contribution in [1.82, 2.24) is 20.7 Å². The number of benzene rings is 1. The monoisotopic (exact) mass is 371 g/mol. The van der Waals surface area contributed by atoms with Gasteiger partial charge in [-0.05, 0) is 61.0 Å². The Labute approximate surface area is 156 Å². The average Bonchev–Trinajstić information content (AvgIpc) is 2.99. The maximum Gasteiger partial charge on any atom is 0.186 e. The molecule has 3 N–H and O–H groups in total. The van der Waals surface area contributed by atoms with E-state index in [1.54, 1.807) is 12.4 Å². The lowest BCUT2D eigenvalue weighted by atomic mass is 10.1. The van der Waals surface area contributed by atoms with E-state index in [4.69, 9.17) is 23.8 Å². The molecule has 1 aromatic carbocycles. The number of nitrogens with one attached hydrogen (secondary N) is 3. The van der Waals surface area contributed by atoms with Gasteiger partial charge in [0.15, 0.2) is 5.11 Å². The van der Waals surface area contributed by atoms with Crippen LogP contribution in [-0.4, -0.2) is 27.8 Å². The molecule has 0 saturated heterocycles. The molecule has 25 heavy (non-hydrogen) atoms. The zero-order valence-electron chi connectivity index (χ0n) is 13.7. The third-order valence-electron chi connectivity index (χ3n) is 3.81. The first-order valence-electron chi connectivity index (χ1n) is 7.87. The number of hydrogen-bond acceptors (Lipinski definition) is 3. The highest BCUT2D eigenvalue weighted by Gasteiger charge is 2.04. The van der Waals surface area contributed by atoms with Gasteiger partial charge in [-0.25, -0.2) is 0 Å². The number of aromatic amines is 1. The fourth-order valence-corrected chi connectivity index (χ4v) is 2.82. The van der Waals surface area contributed by atoms with Gasteiger partial charge in [0.2, 0.25) is 0 Å². The van der Waals surface area contributed by atoms with Crippen LogP contribution < -0.4 is 10.7 Å². The molecule has 0 unspecified atom stereocenters. The van der Waals surface area contributed by atoms with E-state index < -0.39 is 0 Å². The van der Waals surface area contributed by atoms with Gasteiger partial charge in [-0.1, -0.05) is 17.7 Å². The number of thiocarbonyl (C=S) groups is 1. The molecule has 0 saturated carbocycles. The molecule has 0 fully saturated rings. The van der Waals surface area contributed by atoms with E-state index in [1.165, 1.54) is 5.56 Å². The lowest BCUT2D eigenvalue weighted by Crippen LogP contribution is -2.33. The molecule has 0 aliphatic rings. The van der Waals surface area contributed by atoms with Gasteiger partial charge >= 0.3 is 0 Å². The molecular formula is C18H18ClN5S. The van der Waals surface area contributed by atoms with Crippen molar-refractivity contribution in [2.45, 2.75) is 13.3 Å². The van der Waals surface area contributed by atoms with E-state index in [9.17, 15) is 0 Å². The summed E-state index contributed by atoms with van der Waals surface area (Å²) in [5, 5.41) is 9.60. The lowest BCUT2D eigenvalue weighted by molar-refractivity contribution is 0.841. The van der Waals surface area contributed by atoms with E-state index in [0.29, 0.717) is 11.7 Å². The van der Waals surface area contributed by atoms with Crippen LogP contribution in [0.15, 0.2) is 47.8 Å². The van der Waals surface area contributed by atoms with Crippen LogP contribution in [0.3, 0.4) is 0 Å². The Bertz CT molecular complexity index is 919. The number of rotatable bonds is 5. The SMILES string of the molecule is Cc1cccnc1/C=N/NC(=S)NCCc1c[nH]c2ccc(Cl)cc12. The molecule has 0 aliphatic carbocycles. The summed E-state index contributed by atoms with van der Waals surface area (Å²) in [5.41, 5.74) is 6.95.